The van der Waals surface area contributed by atoms with E-state index >= 15 is 0 Å². The van der Waals surface area contributed by atoms with E-state index in [0.717, 1.165) is 37.3 Å². The highest BCUT2D eigenvalue weighted by Crippen LogP contribution is 2.27. The van der Waals surface area contributed by atoms with Crippen molar-refractivity contribution in [1.29, 1.82) is 0 Å². The maximum Gasteiger partial charge on any atom is 0.199 e. The molecule has 0 fully saturated rings. The zero-order valence-corrected chi connectivity index (χ0v) is 11.1. The van der Waals surface area contributed by atoms with E-state index in [1.165, 1.54) is 24.7 Å². The lowest BCUT2D eigenvalue weighted by atomic mass is 9.96. The van der Waals surface area contributed by atoms with E-state index in [1.54, 1.807) is 0 Å². The Morgan fingerprint density at radius 3 is 2.95 bits per heavy atom. The van der Waals surface area contributed by atoms with E-state index in [2.05, 4.69) is 37.4 Å². The molecule has 0 aliphatic heterocycles. The average molecular weight is 258 g/mol. The number of H-pyrrole nitrogens is 1. The summed E-state index contributed by atoms with van der Waals surface area (Å²) >= 11 is 0. The smallest absolute Gasteiger partial charge is 0.199 e. The van der Waals surface area contributed by atoms with Crippen LogP contribution in [-0.4, -0.2) is 31.7 Å². The van der Waals surface area contributed by atoms with Crippen LogP contribution in [0.3, 0.4) is 0 Å². The van der Waals surface area contributed by atoms with E-state index in [4.69, 9.17) is 0 Å². The third-order valence-electron chi connectivity index (χ3n) is 3.35. The fourth-order valence-electron chi connectivity index (χ4n) is 2.40. The van der Waals surface area contributed by atoms with Crippen LogP contribution < -0.4 is 5.32 Å². The molecule has 0 aromatic carbocycles. The molecule has 0 saturated carbocycles. The average Bonchev–Trinajstić information content (AvgIpc) is 2.98. The fraction of sp³-hybridized carbons (Fsp3) is 0.538. The summed E-state index contributed by atoms with van der Waals surface area (Å²) in [6.07, 6.45) is 7.08. The van der Waals surface area contributed by atoms with Gasteiger partial charge in [0.2, 0.25) is 0 Å². The Labute approximate surface area is 112 Å². The van der Waals surface area contributed by atoms with Crippen LogP contribution in [0.4, 0.5) is 5.82 Å². The van der Waals surface area contributed by atoms with Gasteiger partial charge in [0, 0.05) is 17.8 Å². The molecule has 0 bridgehead atoms. The maximum atomic E-state index is 4.64. The molecule has 0 unspecified atom stereocenters. The highest BCUT2D eigenvalue weighted by Gasteiger charge is 2.19. The lowest BCUT2D eigenvalue weighted by molar-refractivity contribution is 0.664. The summed E-state index contributed by atoms with van der Waals surface area (Å²) in [5, 5.41) is 10.1. The molecule has 0 saturated heterocycles. The van der Waals surface area contributed by atoms with Crippen molar-refractivity contribution < 1.29 is 0 Å². The van der Waals surface area contributed by atoms with Crippen molar-refractivity contribution in [2.75, 3.05) is 11.9 Å². The van der Waals surface area contributed by atoms with Crippen molar-refractivity contribution in [3.63, 3.8) is 0 Å². The molecule has 3 rings (SSSR count). The van der Waals surface area contributed by atoms with Gasteiger partial charge in [0.05, 0.1) is 0 Å². The highest BCUT2D eigenvalue weighted by atomic mass is 15.2. The highest BCUT2D eigenvalue weighted by molar-refractivity contribution is 5.54. The second kappa shape index (κ2) is 5.34. The van der Waals surface area contributed by atoms with Crippen LogP contribution >= 0.6 is 0 Å². The predicted molar refractivity (Wildman–Crippen MR) is 72.8 cm³/mol. The fourth-order valence-corrected chi connectivity index (χ4v) is 2.40. The van der Waals surface area contributed by atoms with Gasteiger partial charge in [0.25, 0.3) is 0 Å². The summed E-state index contributed by atoms with van der Waals surface area (Å²) in [5.41, 5.74) is 2.44. The lowest BCUT2D eigenvalue weighted by Gasteiger charge is -2.19. The number of hydrogen-bond donors (Lipinski definition) is 2. The summed E-state index contributed by atoms with van der Waals surface area (Å²) in [4.78, 5) is 13.4. The van der Waals surface area contributed by atoms with Gasteiger partial charge < -0.3 is 5.32 Å². The van der Waals surface area contributed by atoms with Crippen LogP contribution in [0.5, 0.6) is 0 Å². The standard InChI is InChI=1S/C13H18N6/c1-2-7-14-11-9-5-3-4-6-10(9)17-13(18-11)12-15-8-16-19-12/h8H,2-7H2,1H3,(H,14,17,18)(H,15,16,19). The Morgan fingerprint density at radius 2 is 2.16 bits per heavy atom. The van der Waals surface area contributed by atoms with Gasteiger partial charge >= 0.3 is 0 Å². The Hall–Kier alpha value is -1.98. The van der Waals surface area contributed by atoms with E-state index in [-0.39, 0.29) is 0 Å². The summed E-state index contributed by atoms with van der Waals surface area (Å²) in [7, 11) is 0. The minimum absolute atomic E-state index is 0.632. The van der Waals surface area contributed by atoms with Crippen molar-refractivity contribution in [1.82, 2.24) is 25.1 Å². The molecule has 19 heavy (non-hydrogen) atoms. The Bertz CT molecular complexity index is 549. The number of nitrogens with one attached hydrogen (secondary N) is 2. The molecule has 1 aliphatic carbocycles. The van der Waals surface area contributed by atoms with Crippen molar-refractivity contribution in [3.05, 3.63) is 17.6 Å². The number of aryl methyl sites for hydroxylation is 1. The third kappa shape index (κ3) is 2.43. The van der Waals surface area contributed by atoms with Gasteiger partial charge in [0.1, 0.15) is 12.1 Å². The van der Waals surface area contributed by atoms with Crippen LogP contribution in [0.2, 0.25) is 0 Å². The quantitative estimate of drug-likeness (QED) is 0.876. The van der Waals surface area contributed by atoms with Gasteiger partial charge in [-0.1, -0.05) is 6.92 Å². The Balaban J connectivity index is 2.02. The topological polar surface area (TPSA) is 79.4 Å². The first kappa shape index (κ1) is 12.1. The van der Waals surface area contributed by atoms with Gasteiger partial charge in [-0.2, -0.15) is 5.10 Å². The van der Waals surface area contributed by atoms with Crippen molar-refractivity contribution in [2.45, 2.75) is 39.0 Å². The molecule has 0 spiro atoms. The van der Waals surface area contributed by atoms with Gasteiger partial charge in [-0.25, -0.2) is 15.0 Å². The SMILES string of the molecule is CCCNc1nc(-c2ncn[nH]2)nc2c1CCCC2. The van der Waals surface area contributed by atoms with Crippen molar-refractivity contribution in [2.24, 2.45) is 0 Å². The molecule has 2 heterocycles. The Kier molecular flexibility index (Phi) is 3.39. The van der Waals surface area contributed by atoms with Crippen LogP contribution in [0.15, 0.2) is 6.33 Å². The lowest BCUT2D eigenvalue weighted by Crippen LogP contribution is -2.14. The molecule has 6 heteroatoms. The number of nitrogens with zero attached hydrogens (tertiary/aromatic N) is 4. The number of aromatic amines is 1. The van der Waals surface area contributed by atoms with Crippen LogP contribution in [-0.2, 0) is 12.8 Å². The predicted octanol–water partition coefficient (Wildman–Crippen LogP) is 1.96. The molecule has 0 amide bonds. The molecular weight excluding hydrogens is 240 g/mol. The summed E-state index contributed by atoms with van der Waals surface area (Å²) in [6, 6.07) is 0. The first-order valence-electron chi connectivity index (χ1n) is 6.88. The van der Waals surface area contributed by atoms with E-state index in [1.807, 2.05) is 0 Å². The molecule has 2 aromatic heterocycles. The van der Waals surface area contributed by atoms with Gasteiger partial charge in [-0.3, -0.25) is 5.10 Å². The number of anilines is 1. The monoisotopic (exact) mass is 258 g/mol. The third-order valence-corrected chi connectivity index (χ3v) is 3.35. The van der Waals surface area contributed by atoms with Gasteiger partial charge in [0.15, 0.2) is 11.6 Å². The first-order valence-corrected chi connectivity index (χ1v) is 6.88. The molecule has 2 aromatic rings. The molecule has 0 atom stereocenters. The van der Waals surface area contributed by atoms with Crippen LogP contribution in [0, 0.1) is 0 Å². The number of hydrogen-bond acceptors (Lipinski definition) is 5. The maximum absolute atomic E-state index is 4.64. The van der Waals surface area contributed by atoms with Crippen LogP contribution in [0.1, 0.15) is 37.4 Å². The van der Waals surface area contributed by atoms with Crippen LogP contribution in [0.25, 0.3) is 11.6 Å². The van der Waals surface area contributed by atoms with E-state index < -0.39 is 0 Å². The summed E-state index contributed by atoms with van der Waals surface area (Å²) in [5.74, 6) is 2.24. The van der Waals surface area contributed by atoms with Crippen molar-refractivity contribution >= 4 is 5.82 Å². The normalized spacial score (nSPS) is 14.2. The second-order valence-corrected chi connectivity index (χ2v) is 4.79. The molecular formula is C13H18N6. The number of rotatable bonds is 4. The minimum Gasteiger partial charge on any atom is -0.370 e. The second-order valence-electron chi connectivity index (χ2n) is 4.79. The van der Waals surface area contributed by atoms with Crippen molar-refractivity contribution in [3.8, 4) is 11.6 Å². The van der Waals surface area contributed by atoms with Gasteiger partial charge in [-0.15, -0.1) is 0 Å². The molecule has 6 nitrogen and oxygen atoms in total. The largest absolute Gasteiger partial charge is 0.370 e. The molecule has 1 aliphatic rings. The molecule has 0 radical (unpaired) electrons. The molecule has 100 valence electrons. The summed E-state index contributed by atoms with van der Waals surface area (Å²) < 4.78 is 0. The number of aromatic nitrogens is 5. The Morgan fingerprint density at radius 1 is 1.26 bits per heavy atom. The molecule has 2 N–H and O–H groups in total. The zero-order valence-electron chi connectivity index (χ0n) is 11.1. The van der Waals surface area contributed by atoms with Gasteiger partial charge in [-0.05, 0) is 32.1 Å². The zero-order chi connectivity index (χ0) is 13.1. The van der Waals surface area contributed by atoms with E-state index in [9.17, 15) is 0 Å². The first-order chi connectivity index (χ1) is 9.38. The number of fused-ring (bicyclic) bond motifs is 1. The van der Waals surface area contributed by atoms with E-state index in [0.29, 0.717) is 11.6 Å². The minimum atomic E-state index is 0.632. The summed E-state index contributed by atoms with van der Waals surface area (Å²) in [6.45, 7) is 3.08.